The summed E-state index contributed by atoms with van der Waals surface area (Å²) in [4.78, 5) is 0. The summed E-state index contributed by atoms with van der Waals surface area (Å²) >= 11 is 0. The van der Waals surface area contributed by atoms with E-state index in [0.717, 1.165) is 12.8 Å². The van der Waals surface area contributed by atoms with Crippen molar-refractivity contribution in [1.82, 2.24) is 0 Å². The van der Waals surface area contributed by atoms with Gasteiger partial charge in [-0.25, -0.2) is 0 Å². The third kappa shape index (κ3) is 3.75. The second kappa shape index (κ2) is 5.73. The van der Waals surface area contributed by atoms with Gasteiger partial charge in [-0.05, 0) is 12.8 Å². The lowest BCUT2D eigenvalue weighted by molar-refractivity contribution is 0.487. The van der Waals surface area contributed by atoms with Crippen molar-refractivity contribution in [3.63, 3.8) is 0 Å². The third-order valence-corrected chi connectivity index (χ3v) is 5.96. The van der Waals surface area contributed by atoms with Crippen LogP contribution in [0.3, 0.4) is 0 Å². The zero-order chi connectivity index (χ0) is 10.5. The van der Waals surface area contributed by atoms with Crippen LogP contribution >= 0.6 is 0 Å². The van der Waals surface area contributed by atoms with Crippen LogP contribution < -0.4 is 0 Å². The summed E-state index contributed by atoms with van der Waals surface area (Å²) in [5.41, 5.74) is -0.668. The largest absolute Gasteiger partial charge is 0.430 e. The molecule has 0 saturated carbocycles. The van der Waals surface area contributed by atoms with Crippen LogP contribution in [0.15, 0.2) is 0 Å². The number of hydrogen-bond acceptors (Lipinski definition) is 0. The van der Waals surface area contributed by atoms with Gasteiger partial charge in [0.25, 0.3) is 0 Å². The smallest absolute Gasteiger partial charge is 0.270 e. The Hall–Kier alpha value is 0.0769. The minimum absolute atomic E-state index is 0.334. The highest BCUT2D eigenvalue weighted by atomic mass is 28.4. The summed E-state index contributed by atoms with van der Waals surface area (Å²) in [5, 5.41) is 0. The first-order valence-electron chi connectivity index (χ1n) is 5.34. The predicted octanol–water partition coefficient (Wildman–Crippen LogP) is 4.75. The Bertz CT molecular complexity index is 123. The van der Waals surface area contributed by atoms with Crippen LogP contribution in [-0.4, -0.2) is 8.74 Å². The van der Waals surface area contributed by atoms with Crippen molar-refractivity contribution in [2.45, 2.75) is 64.5 Å². The first-order valence-corrected chi connectivity index (χ1v) is 7.25. The van der Waals surface area contributed by atoms with E-state index in [0.29, 0.717) is 12.8 Å². The Labute approximate surface area is 82.1 Å². The summed E-state index contributed by atoms with van der Waals surface area (Å²) in [6.45, 7) is 7.40. The number of hydrogen-bond donors (Lipinski definition) is 0. The first kappa shape index (κ1) is 13.1. The van der Waals surface area contributed by atoms with Gasteiger partial charge in [-0.15, -0.1) is 0 Å². The Morgan fingerprint density at radius 2 is 1.23 bits per heavy atom. The second-order valence-electron chi connectivity index (χ2n) is 4.05. The number of rotatable bonds is 6. The molecule has 0 aromatic heterocycles. The molecule has 0 bridgehead atoms. The Morgan fingerprint density at radius 3 is 1.46 bits per heavy atom. The molecule has 0 N–H and O–H groups in total. The van der Waals surface area contributed by atoms with Crippen LogP contribution in [0.4, 0.5) is 8.22 Å². The Balaban J connectivity index is 4.17. The van der Waals surface area contributed by atoms with Crippen LogP contribution in [0.1, 0.15) is 53.4 Å². The number of halogens is 2. The van der Waals surface area contributed by atoms with Gasteiger partial charge in [-0.1, -0.05) is 40.5 Å². The predicted molar refractivity (Wildman–Crippen MR) is 56.6 cm³/mol. The molecule has 80 valence electrons. The molecule has 2 atom stereocenters. The van der Waals surface area contributed by atoms with Gasteiger partial charge in [-0.2, -0.15) is 0 Å². The summed E-state index contributed by atoms with van der Waals surface area (Å²) in [6.07, 6.45) is 3.13. The van der Waals surface area contributed by atoms with Gasteiger partial charge in [0.2, 0.25) is 0 Å². The van der Waals surface area contributed by atoms with E-state index < -0.39 is 8.74 Å². The van der Waals surface area contributed by atoms with Crippen molar-refractivity contribution in [3.05, 3.63) is 0 Å². The average molecular weight is 208 g/mol. The molecule has 3 heteroatoms. The molecule has 0 rings (SSSR count). The maximum Gasteiger partial charge on any atom is 0.430 e. The lowest BCUT2D eigenvalue weighted by Gasteiger charge is -2.25. The van der Waals surface area contributed by atoms with Gasteiger partial charge in [0, 0.05) is 11.1 Å². The van der Waals surface area contributed by atoms with Crippen LogP contribution in [0.5, 0.6) is 0 Å². The lowest BCUT2D eigenvalue weighted by Crippen LogP contribution is -2.33. The summed E-state index contributed by atoms with van der Waals surface area (Å²) in [5.74, 6) is 0. The van der Waals surface area contributed by atoms with Crippen LogP contribution in [0, 0.1) is 0 Å². The van der Waals surface area contributed by atoms with E-state index in [1.54, 1.807) is 13.8 Å². The molecular formula is C10H22F2Si. The highest BCUT2D eigenvalue weighted by Gasteiger charge is 2.46. The van der Waals surface area contributed by atoms with Gasteiger partial charge in [0.15, 0.2) is 0 Å². The van der Waals surface area contributed by atoms with Gasteiger partial charge in [0.05, 0.1) is 0 Å². The van der Waals surface area contributed by atoms with Crippen molar-refractivity contribution < 1.29 is 8.22 Å². The zero-order valence-corrected chi connectivity index (χ0v) is 10.2. The van der Waals surface area contributed by atoms with E-state index in [-0.39, 0.29) is 11.1 Å². The van der Waals surface area contributed by atoms with Crippen LogP contribution in [0.25, 0.3) is 0 Å². The molecule has 0 amide bonds. The highest BCUT2D eigenvalue weighted by Crippen LogP contribution is 2.40. The molecular weight excluding hydrogens is 186 g/mol. The van der Waals surface area contributed by atoms with E-state index in [1.807, 2.05) is 13.8 Å². The van der Waals surface area contributed by atoms with Crippen LogP contribution in [-0.2, 0) is 0 Å². The van der Waals surface area contributed by atoms with Gasteiger partial charge >= 0.3 is 8.74 Å². The molecule has 0 aliphatic rings. The Kier molecular flexibility index (Phi) is 5.77. The quantitative estimate of drug-likeness (QED) is 0.436. The fourth-order valence-corrected chi connectivity index (χ4v) is 4.06. The Morgan fingerprint density at radius 1 is 0.923 bits per heavy atom. The monoisotopic (exact) mass is 208 g/mol. The fraction of sp³-hybridized carbons (Fsp3) is 1.00. The molecule has 2 unspecified atom stereocenters. The minimum Gasteiger partial charge on any atom is -0.270 e. The van der Waals surface area contributed by atoms with Crippen molar-refractivity contribution in [2.24, 2.45) is 0 Å². The third-order valence-electron chi connectivity index (χ3n) is 2.76. The maximum atomic E-state index is 13.7. The SMILES string of the molecule is CCCC(C)[Si](F)(F)C(C)CCC. The molecule has 0 spiro atoms. The standard InChI is InChI=1S/C10H22F2Si/c1-5-7-9(3)13(11,12)10(4)8-6-2/h9-10H,5-8H2,1-4H3. The lowest BCUT2D eigenvalue weighted by atomic mass is 10.2. The molecule has 0 saturated heterocycles. The van der Waals surface area contributed by atoms with Crippen LogP contribution in [0.2, 0.25) is 11.1 Å². The van der Waals surface area contributed by atoms with Crippen molar-refractivity contribution in [3.8, 4) is 0 Å². The molecule has 0 heterocycles. The molecule has 13 heavy (non-hydrogen) atoms. The molecule has 0 aliphatic carbocycles. The molecule has 0 radical (unpaired) electrons. The van der Waals surface area contributed by atoms with E-state index in [2.05, 4.69) is 0 Å². The molecule has 0 nitrogen and oxygen atoms in total. The fourth-order valence-electron chi connectivity index (χ4n) is 1.74. The van der Waals surface area contributed by atoms with Crippen molar-refractivity contribution >= 4 is 8.74 Å². The van der Waals surface area contributed by atoms with E-state index in [4.69, 9.17) is 0 Å². The first-order chi connectivity index (χ1) is 5.96. The maximum absolute atomic E-state index is 13.7. The zero-order valence-electron chi connectivity index (χ0n) is 9.24. The minimum atomic E-state index is -3.95. The van der Waals surface area contributed by atoms with Crippen molar-refractivity contribution in [2.75, 3.05) is 0 Å². The van der Waals surface area contributed by atoms with Crippen molar-refractivity contribution in [1.29, 1.82) is 0 Å². The molecule has 0 aromatic rings. The average Bonchev–Trinajstić information content (AvgIpc) is 2.05. The summed E-state index contributed by atoms with van der Waals surface area (Å²) < 4.78 is 27.4. The molecule has 0 aromatic carbocycles. The summed E-state index contributed by atoms with van der Waals surface area (Å²) in [7, 11) is -3.95. The highest BCUT2D eigenvalue weighted by molar-refractivity contribution is 6.69. The van der Waals surface area contributed by atoms with Gasteiger partial charge in [0.1, 0.15) is 0 Å². The second-order valence-corrected chi connectivity index (χ2v) is 7.37. The van der Waals surface area contributed by atoms with Gasteiger partial charge in [-0.3, -0.25) is 8.22 Å². The van der Waals surface area contributed by atoms with Gasteiger partial charge < -0.3 is 0 Å². The van der Waals surface area contributed by atoms with E-state index in [9.17, 15) is 8.22 Å². The molecule has 0 fully saturated rings. The van der Waals surface area contributed by atoms with E-state index >= 15 is 0 Å². The summed E-state index contributed by atoms with van der Waals surface area (Å²) in [6, 6.07) is 0. The topological polar surface area (TPSA) is 0 Å². The normalized spacial score (nSPS) is 17.1. The van der Waals surface area contributed by atoms with E-state index in [1.165, 1.54) is 0 Å². The molecule has 0 aliphatic heterocycles.